The molecule has 2 atom stereocenters. The number of methoxy groups -OCH3 is 1. The average molecular weight is 599 g/mol. The number of anilines is 2. The van der Waals surface area contributed by atoms with Gasteiger partial charge in [0.25, 0.3) is 0 Å². The second-order valence-corrected chi connectivity index (χ2v) is 11.6. The fraction of sp³-hybridized carbons (Fsp3) is 0.154. The third kappa shape index (κ3) is 5.20. The summed E-state index contributed by atoms with van der Waals surface area (Å²) in [6.45, 7) is 0. The molecule has 2 N–H and O–H groups in total. The molecule has 3 heterocycles. The van der Waals surface area contributed by atoms with E-state index in [0.29, 0.717) is 16.5 Å². The minimum atomic E-state index is -3.48. The molecule has 2 aromatic carbocycles. The smallest absolute Gasteiger partial charge is 0.229 e. The van der Waals surface area contributed by atoms with E-state index in [2.05, 4.69) is 41.6 Å². The number of ether oxygens (including phenoxy) is 1. The Labute approximate surface area is 229 Å². The highest BCUT2D eigenvalue weighted by atomic mass is 79.9. The van der Waals surface area contributed by atoms with Crippen LogP contribution in [0.25, 0.3) is 5.69 Å². The van der Waals surface area contributed by atoms with E-state index in [4.69, 9.17) is 17.0 Å². The Bertz CT molecular complexity index is 1540. The van der Waals surface area contributed by atoms with Crippen LogP contribution < -0.4 is 19.7 Å². The van der Waals surface area contributed by atoms with Gasteiger partial charge in [0.05, 0.1) is 30.8 Å². The van der Waals surface area contributed by atoms with Crippen LogP contribution in [0.15, 0.2) is 89.7 Å². The molecule has 0 spiro atoms. The first-order valence-electron chi connectivity index (χ1n) is 11.3. The third-order valence-electron chi connectivity index (χ3n) is 6.04. The lowest BCUT2D eigenvalue weighted by Crippen LogP contribution is -2.30. The molecule has 1 aliphatic rings. The normalized spacial score (nSPS) is 17.5. The largest absolute Gasteiger partial charge is 0.494 e. The quantitative estimate of drug-likeness (QED) is 0.283. The summed E-state index contributed by atoms with van der Waals surface area (Å²) < 4.78 is 34.8. The standard InChI is InChI=1S/C26H24BrN5O3S2/c1-35-23-16-19(12-13-20(23)30-37(2,33)34)32-25(24(29-26(32)36)21-6-3-4-14-28-21)22-7-5-15-31(22)18-10-8-17(27)9-11-18/h3-16,24-25,30H,1-2H3,(H,29,36)/t24-,25+/m1/s1. The van der Waals surface area contributed by atoms with Gasteiger partial charge >= 0.3 is 0 Å². The molecular weight excluding hydrogens is 574 g/mol. The second-order valence-electron chi connectivity index (χ2n) is 8.53. The third-order valence-corrected chi connectivity index (χ3v) is 7.48. The Morgan fingerprint density at radius 2 is 1.81 bits per heavy atom. The molecule has 0 aliphatic carbocycles. The maximum absolute atomic E-state index is 11.8. The maximum Gasteiger partial charge on any atom is 0.229 e. The predicted octanol–water partition coefficient (Wildman–Crippen LogP) is 5.19. The van der Waals surface area contributed by atoms with Crippen LogP contribution in [-0.4, -0.2) is 36.4 Å². The molecule has 11 heteroatoms. The van der Waals surface area contributed by atoms with Crippen LogP contribution in [0.5, 0.6) is 5.75 Å². The number of aromatic nitrogens is 2. The van der Waals surface area contributed by atoms with E-state index in [9.17, 15) is 8.42 Å². The van der Waals surface area contributed by atoms with E-state index in [1.165, 1.54) is 7.11 Å². The van der Waals surface area contributed by atoms with Crippen molar-refractivity contribution in [2.75, 3.05) is 23.0 Å². The summed E-state index contributed by atoms with van der Waals surface area (Å²) >= 11 is 9.36. The maximum atomic E-state index is 11.8. The molecule has 1 fully saturated rings. The van der Waals surface area contributed by atoms with Gasteiger partial charge in [0.1, 0.15) is 11.8 Å². The van der Waals surface area contributed by atoms with Gasteiger partial charge in [0, 0.05) is 40.0 Å². The summed E-state index contributed by atoms with van der Waals surface area (Å²) in [6, 6.07) is 22.8. The molecule has 4 aromatic rings. The molecular formula is C26H24BrN5O3S2. The van der Waals surface area contributed by atoms with Crippen LogP contribution in [0.2, 0.25) is 0 Å². The molecule has 5 rings (SSSR count). The van der Waals surface area contributed by atoms with Crippen molar-refractivity contribution in [1.82, 2.24) is 14.9 Å². The fourth-order valence-electron chi connectivity index (χ4n) is 4.52. The van der Waals surface area contributed by atoms with Crippen LogP contribution in [0, 0.1) is 0 Å². The van der Waals surface area contributed by atoms with Gasteiger partial charge in [0.15, 0.2) is 5.11 Å². The number of pyridine rings is 1. The van der Waals surface area contributed by atoms with Gasteiger partial charge in [-0.25, -0.2) is 8.42 Å². The van der Waals surface area contributed by atoms with Crippen molar-refractivity contribution in [2.45, 2.75) is 12.1 Å². The van der Waals surface area contributed by atoms with Gasteiger partial charge in [0.2, 0.25) is 10.0 Å². The van der Waals surface area contributed by atoms with Crippen molar-refractivity contribution in [3.63, 3.8) is 0 Å². The van der Waals surface area contributed by atoms with E-state index in [1.807, 2.05) is 65.7 Å². The molecule has 1 aliphatic heterocycles. The lowest BCUT2D eigenvalue weighted by Gasteiger charge is -2.29. The minimum absolute atomic E-state index is 0.238. The first-order valence-corrected chi connectivity index (χ1v) is 14.4. The summed E-state index contributed by atoms with van der Waals surface area (Å²) in [6.07, 6.45) is 4.89. The van der Waals surface area contributed by atoms with Crippen LogP contribution >= 0.6 is 28.1 Å². The van der Waals surface area contributed by atoms with E-state index in [1.54, 1.807) is 18.3 Å². The Morgan fingerprint density at radius 3 is 2.49 bits per heavy atom. The zero-order valence-electron chi connectivity index (χ0n) is 20.0. The summed E-state index contributed by atoms with van der Waals surface area (Å²) in [5, 5.41) is 3.98. The molecule has 8 nitrogen and oxygen atoms in total. The van der Waals surface area contributed by atoms with Gasteiger partial charge in [-0.1, -0.05) is 22.0 Å². The number of hydrogen-bond donors (Lipinski definition) is 2. The van der Waals surface area contributed by atoms with Crippen molar-refractivity contribution >= 4 is 54.7 Å². The van der Waals surface area contributed by atoms with Crippen molar-refractivity contribution in [3.8, 4) is 11.4 Å². The highest BCUT2D eigenvalue weighted by Crippen LogP contribution is 2.44. The first-order chi connectivity index (χ1) is 17.7. The molecule has 0 unspecified atom stereocenters. The lowest BCUT2D eigenvalue weighted by atomic mass is 10.0. The molecule has 0 radical (unpaired) electrons. The van der Waals surface area contributed by atoms with Crippen molar-refractivity contribution in [1.29, 1.82) is 0 Å². The number of nitrogens with zero attached hydrogens (tertiary/aromatic N) is 3. The second kappa shape index (κ2) is 10.2. The van der Waals surface area contributed by atoms with Crippen molar-refractivity contribution < 1.29 is 13.2 Å². The van der Waals surface area contributed by atoms with Gasteiger partial charge in [-0.05, 0) is 72.9 Å². The SMILES string of the molecule is COc1cc(N2C(=S)N[C@H](c3ccccn3)[C@@H]2c2cccn2-c2ccc(Br)cc2)ccc1NS(C)(=O)=O. The average Bonchev–Trinajstić information content (AvgIpc) is 3.49. The van der Waals surface area contributed by atoms with E-state index >= 15 is 0 Å². The molecule has 190 valence electrons. The summed E-state index contributed by atoms with van der Waals surface area (Å²) in [4.78, 5) is 6.64. The fourth-order valence-corrected chi connectivity index (χ4v) is 5.70. The van der Waals surface area contributed by atoms with Crippen LogP contribution in [0.1, 0.15) is 23.5 Å². The molecule has 0 saturated carbocycles. The lowest BCUT2D eigenvalue weighted by molar-refractivity contribution is 0.417. The van der Waals surface area contributed by atoms with E-state index < -0.39 is 10.0 Å². The molecule has 37 heavy (non-hydrogen) atoms. The number of benzene rings is 2. The summed E-state index contributed by atoms with van der Waals surface area (Å²) in [7, 11) is -1.98. The van der Waals surface area contributed by atoms with Gasteiger partial charge in [-0.15, -0.1) is 0 Å². The van der Waals surface area contributed by atoms with Crippen molar-refractivity contribution in [2.24, 2.45) is 0 Å². The zero-order valence-corrected chi connectivity index (χ0v) is 23.2. The number of thiocarbonyl (C=S) groups is 1. The van der Waals surface area contributed by atoms with Crippen molar-refractivity contribution in [3.05, 3.63) is 101 Å². The Balaban J connectivity index is 1.64. The number of nitrogens with one attached hydrogen (secondary N) is 2. The van der Waals surface area contributed by atoms with Gasteiger partial charge < -0.3 is 19.5 Å². The molecule has 0 bridgehead atoms. The Hall–Kier alpha value is -3.41. The number of hydrogen-bond acceptors (Lipinski definition) is 5. The predicted molar refractivity (Wildman–Crippen MR) is 153 cm³/mol. The first kappa shape index (κ1) is 25.2. The number of halogens is 1. The number of sulfonamides is 1. The monoisotopic (exact) mass is 597 g/mol. The van der Waals surface area contributed by atoms with Gasteiger partial charge in [-0.2, -0.15) is 0 Å². The van der Waals surface area contributed by atoms with E-state index in [0.717, 1.165) is 33.5 Å². The number of rotatable bonds is 7. The highest BCUT2D eigenvalue weighted by Gasteiger charge is 2.42. The summed E-state index contributed by atoms with van der Waals surface area (Å²) in [5.41, 5.74) is 3.96. The van der Waals surface area contributed by atoms with Crippen LogP contribution in [0.3, 0.4) is 0 Å². The van der Waals surface area contributed by atoms with Crippen LogP contribution in [-0.2, 0) is 10.0 Å². The topological polar surface area (TPSA) is 88.5 Å². The molecule has 1 saturated heterocycles. The minimum Gasteiger partial charge on any atom is -0.494 e. The summed E-state index contributed by atoms with van der Waals surface area (Å²) in [5.74, 6) is 0.383. The van der Waals surface area contributed by atoms with Gasteiger partial charge in [-0.3, -0.25) is 9.71 Å². The van der Waals surface area contributed by atoms with E-state index in [-0.39, 0.29) is 12.1 Å². The zero-order chi connectivity index (χ0) is 26.2. The molecule has 2 aromatic heterocycles. The van der Waals surface area contributed by atoms with Crippen LogP contribution in [0.4, 0.5) is 11.4 Å². The Morgan fingerprint density at radius 1 is 1.05 bits per heavy atom. The highest BCUT2D eigenvalue weighted by molar-refractivity contribution is 9.10. The molecule has 0 amide bonds. The Kier molecular flexibility index (Phi) is 6.93.